The van der Waals surface area contributed by atoms with Gasteiger partial charge in [-0.3, -0.25) is 9.59 Å². The third-order valence-corrected chi connectivity index (χ3v) is 7.90. The van der Waals surface area contributed by atoms with E-state index in [2.05, 4.69) is 26.0 Å². The Morgan fingerprint density at radius 3 is 0.829 bits per heavy atom. The normalized spacial score (nSPS) is 11.1. The van der Waals surface area contributed by atoms with Crippen molar-refractivity contribution in [2.75, 3.05) is 0 Å². The van der Waals surface area contributed by atoms with E-state index < -0.39 is 11.9 Å². The Labute approximate surface area is 256 Å². The average Bonchev–Trinajstić information content (AvgIpc) is 2.95. The van der Waals surface area contributed by atoms with Gasteiger partial charge in [-0.25, -0.2) is 0 Å². The molecule has 0 bridgehead atoms. The predicted octanol–water partition coefficient (Wildman–Crippen LogP) is 12.8. The maximum atomic E-state index is 10.3. The van der Waals surface area contributed by atoms with E-state index in [0.29, 0.717) is 12.8 Å². The molecule has 244 valence electrons. The molecule has 0 aliphatic carbocycles. The van der Waals surface area contributed by atoms with Crippen LogP contribution in [0.4, 0.5) is 0 Å². The molecule has 0 aliphatic rings. The molecule has 0 saturated carbocycles. The zero-order chi connectivity index (χ0) is 30.5. The molecule has 4 heteroatoms. The van der Waals surface area contributed by atoms with E-state index in [1.54, 1.807) is 0 Å². The molecule has 0 heterocycles. The highest BCUT2D eigenvalue weighted by atomic mass is 16.4. The van der Waals surface area contributed by atoms with Gasteiger partial charge in [-0.2, -0.15) is 0 Å². The molecule has 0 unspecified atom stereocenters. The summed E-state index contributed by atoms with van der Waals surface area (Å²) in [6.07, 6.45) is 42.9. The van der Waals surface area contributed by atoms with Crippen LogP contribution >= 0.6 is 0 Å². The smallest absolute Gasteiger partial charge is 0.303 e. The van der Waals surface area contributed by atoms with Crippen LogP contribution in [0, 0.1) is 0 Å². The van der Waals surface area contributed by atoms with Crippen molar-refractivity contribution >= 4 is 11.9 Å². The van der Waals surface area contributed by atoms with Crippen LogP contribution in [0.5, 0.6) is 0 Å². The van der Waals surface area contributed by atoms with Crippen molar-refractivity contribution in [3.8, 4) is 0 Å². The van der Waals surface area contributed by atoms with Crippen molar-refractivity contribution in [1.82, 2.24) is 0 Å². The Hall–Kier alpha value is -1.32. The molecule has 41 heavy (non-hydrogen) atoms. The first-order valence-electron chi connectivity index (χ1n) is 18.1. The highest BCUT2D eigenvalue weighted by molar-refractivity contribution is 5.66. The van der Waals surface area contributed by atoms with Gasteiger partial charge < -0.3 is 10.2 Å². The Morgan fingerprint density at radius 2 is 0.585 bits per heavy atom. The fraction of sp³-hybridized carbons (Fsp3) is 0.892. The minimum absolute atomic E-state index is 0.332. The summed E-state index contributed by atoms with van der Waals surface area (Å²) in [5.41, 5.74) is 0. The molecule has 0 fully saturated rings. The number of allylic oxidation sites excluding steroid dienone is 2. The maximum absolute atomic E-state index is 10.3. The lowest BCUT2D eigenvalue weighted by Crippen LogP contribution is -1.93. The third-order valence-electron chi connectivity index (χ3n) is 7.90. The van der Waals surface area contributed by atoms with E-state index in [4.69, 9.17) is 10.2 Å². The van der Waals surface area contributed by atoms with Gasteiger partial charge in [0.25, 0.3) is 0 Å². The van der Waals surface area contributed by atoms with Gasteiger partial charge in [0.1, 0.15) is 0 Å². The lowest BCUT2D eigenvalue weighted by atomic mass is 10.0. The predicted molar refractivity (Wildman–Crippen MR) is 179 cm³/mol. The van der Waals surface area contributed by atoms with Gasteiger partial charge in [0.15, 0.2) is 0 Å². The van der Waals surface area contributed by atoms with E-state index in [0.717, 1.165) is 25.7 Å². The summed E-state index contributed by atoms with van der Waals surface area (Å²) in [6, 6.07) is 0. The van der Waals surface area contributed by atoms with Crippen LogP contribution in [0.3, 0.4) is 0 Å². The molecule has 0 aromatic rings. The SMILES string of the molecule is CCCCCCCC/C=C\CCCCCCCC(=O)O.CCCCCCCCCCCCCCCCCCC(=O)O. The van der Waals surface area contributed by atoms with Crippen LogP contribution in [0.15, 0.2) is 12.2 Å². The van der Waals surface area contributed by atoms with Crippen molar-refractivity contribution in [2.24, 2.45) is 0 Å². The third kappa shape index (κ3) is 45.9. The minimum atomic E-state index is -0.664. The number of hydrogen-bond acceptors (Lipinski definition) is 2. The second-order valence-electron chi connectivity index (χ2n) is 12.2. The van der Waals surface area contributed by atoms with Gasteiger partial charge in [-0.15, -0.1) is 0 Å². The number of carbonyl (C=O) groups is 2. The Bertz CT molecular complexity index is 543. The van der Waals surface area contributed by atoms with E-state index in [1.807, 2.05) is 0 Å². The summed E-state index contributed by atoms with van der Waals surface area (Å²) in [4.78, 5) is 20.7. The Kier molecular flexibility index (Phi) is 39.4. The van der Waals surface area contributed by atoms with Crippen LogP contribution in [0.2, 0.25) is 0 Å². The summed E-state index contributed by atoms with van der Waals surface area (Å²) in [5.74, 6) is -1.32. The Balaban J connectivity index is 0. The molecule has 4 nitrogen and oxygen atoms in total. The van der Waals surface area contributed by atoms with Crippen LogP contribution in [0.25, 0.3) is 0 Å². The first-order valence-corrected chi connectivity index (χ1v) is 18.1. The molecule has 0 aliphatic heterocycles. The largest absolute Gasteiger partial charge is 0.481 e. The monoisotopic (exact) mass is 581 g/mol. The molecule has 0 atom stereocenters. The second kappa shape index (κ2) is 38.7. The highest BCUT2D eigenvalue weighted by Gasteiger charge is 1.98. The molecule has 0 amide bonds. The van der Waals surface area contributed by atoms with Gasteiger partial charge in [0.05, 0.1) is 0 Å². The summed E-state index contributed by atoms with van der Waals surface area (Å²) in [5, 5.41) is 17.0. The zero-order valence-corrected chi connectivity index (χ0v) is 27.8. The maximum Gasteiger partial charge on any atom is 0.303 e. The van der Waals surface area contributed by atoms with Gasteiger partial charge in [-0.05, 0) is 38.5 Å². The van der Waals surface area contributed by atoms with E-state index in [-0.39, 0.29) is 0 Å². The molecular weight excluding hydrogens is 508 g/mol. The summed E-state index contributed by atoms with van der Waals surface area (Å²) >= 11 is 0. The standard InChI is InChI=1S/C19H38O2.C18H34O2/c1-2-3-4-5-6-7-8-9-10-11-12-13-14-15-16-17-18-19(20)21;1-2-3-4-5-6-7-8-9-10-11-12-13-14-15-16-17-18(19)20/h2-18H2,1H3,(H,20,21);9-10H,2-8,11-17H2,1H3,(H,19,20)/b;10-9-. The van der Waals surface area contributed by atoms with Crippen LogP contribution in [0.1, 0.15) is 213 Å². The van der Waals surface area contributed by atoms with Gasteiger partial charge >= 0.3 is 11.9 Å². The van der Waals surface area contributed by atoms with E-state index in [1.165, 1.54) is 161 Å². The molecule has 0 radical (unpaired) electrons. The fourth-order valence-electron chi connectivity index (χ4n) is 5.17. The summed E-state index contributed by atoms with van der Waals surface area (Å²) in [6.45, 7) is 4.53. The number of carboxylic acid groups (broad SMARTS) is 2. The van der Waals surface area contributed by atoms with Crippen LogP contribution < -0.4 is 0 Å². The number of aliphatic carboxylic acids is 2. The van der Waals surface area contributed by atoms with Crippen LogP contribution in [-0.4, -0.2) is 22.2 Å². The Morgan fingerprint density at radius 1 is 0.366 bits per heavy atom. The topological polar surface area (TPSA) is 74.6 Å². The summed E-state index contributed by atoms with van der Waals surface area (Å²) < 4.78 is 0. The molecule has 0 spiro atoms. The number of rotatable bonds is 32. The van der Waals surface area contributed by atoms with E-state index in [9.17, 15) is 9.59 Å². The van der Waals surface area contributed by atoms with Crippen molar-refractivity contribution in [3.63, 3.8) is 0 Å². The molecule has 0 aromatic heterocycles. The average molecular weight is 581 g/mol. The van der Waals surface area contributed by atoms with E-state index >= 15 is 0 Å². The first kappa shape index (κ1) is 41.8. The van der Waals surface area contributed by atoms with Crippen molar-refractivity contribution < 1.29 is 19.8 Å². The van der Waals surface area contributed by atoms with Crippen molar-refractivity contribution in [2.45, 2.75) is 213 Å². The van der Waals surface area contributed by atoms with Gasteiger partial charge in [0, 0.05) is 12.8 Å². The fourth-order valence-corrected chi connectivity index (χ4v) is 5.17. The minimum Gasteiger partial charge on any atom is -0.481 e. The summed E-state index contributed by atoms with van der Waals surface area (Å²) in [7, 11) is 0. The second-order valence-corrected chi connectivity index (χ2v) is 12.2. The first-order chi connectivity index (χ1) is 20.0. The quantitative estimate of drug-likeness (QED) is 0.0613. The van der Waals surface area contributed by atoms with Crippen molar-refractivity contribution in [1.29, 1.82) is 0 Å². The van der Waals surface area contributed by atoms with Crippen molar-refractivity contribution in [3.05, 3.63) is 12.2 Å². The molecular formula is C37H72O4. The van der Waals surface area contributed by atoms with Gasteiger partial charge in [-0.1, -0.05) is 174 Å². The molecule has 0 aromatic carbocycles. The number of unbranched alkanes of at least 4 members (excludes halogenated alkanes) is 26. The number of hydrogen-bond donors (Lipinski definition) is 2. The molecule has 0 rings (SSSR count). The zero-order valence-electron chi connectivity index (χ0n) is 27.8. The number of carboxylic acids is 2. The lowest BCUT2D eigenvalue weighted by molar-refractivity contribution is -0.138. The van der Waals surface area contributed by atoms with Crippen LogP contribution in [-0.2, 0) is 9.59 Å². The molecule has 2 N–H and O–H groups in total. The lowest BCUT2D eigenvalue weighted by Gasteiger charge is -2.03. The molecule has 0 saturated heterocycles. The highest BCUT2D eigenvalue weighted by Crippen LogP contribution is 2.14. The van der Waals surface area contributed by atoms with Gasteiger partial charge in [0.2, 0.25) is 0 Å².